The fraction of sp³-hybridized carbons (Fsp3) is 0.500. The Morgan fingerprint density at radius 2 is 1.64 bits per heavy atom. The molecule has 0 unspecified atom stereocenters. The Hall–Kier alpha value is -0.860. The molecule has 0 aliphatic rings. The molecule has 0 heterocycles. The van der Waals surface area contributed by atoms with Gasteiger partial charge in [-0.1, -0.05) is 45.0 Å². The van der Waals surface area contributed by atoms with E-state index in [4.69, 9.17) is 5.21 Å². The summed E-state index contributed by atoms with van der Waals surface area (Å²) < 4.78 is 0. The average molecular weight is 193 g/mol. The van der Waals surface area contributed by atoms with Gasteiger partial charge in [0, 0.05) is 0 Å². The van der Waals surface area contributed by atoms with Gasteiger partial charge in [0.15, 0.2) is 0 Å². The van der Waals surface area contributed by atoms with Crippen molar-refractivity contribution in [2.75, 3.05) is 0 Å². The fourth-order valence-electron chi connectivity index (χ4n) is 1.35. The topological polar surface area (TPSA) is 32.3 Å². The van der Waals surface area contributed by atoms with E-state index in [9.17, 15) is 0 Å². The highest BCUT2D eigenvalue weighted by Crippen LogP contribution is 2.23. The van der Waals surface area contributed by atoms with Gasteiger partial charge in [-0.25, -0.2) is 0 Å². The third kappa shape index (κ3) is 2.56. The molecule has 0 amide bonds. The molecule has 0 bridgehead atoms. The zero-order valence-electron chi connectivity index (χ0n) is 9.33. The highest BCUT2D eigenvalue weighted by molar-refractivity contribution is 5.28. The van der Waals surface area contributed by atoms with Crippen molar-refractivity contribution < 1.29 is 5.21 Å². The van der Waals surface area contributed by atoms with E-state index in [-0.39, 0.29) is 11.5 Å². The summed E-state index contributed by atoms with van der Waals surface area (Å²) in [6.45, 7) is 8.49. The summed E-state index contributed by atoms with van der Waals surface area (Å²) in [4.78, 5) is 0. The minimum atomic E-state index is -0.0102. The van der Waals surface area contributed by atoms with Gasteiger partial charge < -0.3 is 5.21 Å². The van der Waals surface area contributed by atoms with E-state index < -0.39 is 0 Å². The second kappa shape index (κ2) is 4.11. The molecule has 0 aliphatic carbocycles. The van der Waals surface area contributed by atoms with Crippen LogP contribution < -0.4 is 5.48 Å². The van der Waals surface area contributed by atoms with Gasteiger partial charge in [0.1, 0.15) is 0 Å². The standard InChI is InChI=1S/C12H19NO/c1-9(13-14)10-5-7-11(8-6-10)12(2,3)4/h5-9,13-14H,1-4H3/t9-/m0/s1. The normalized spacial score (nSPS) is 14.1. The van der Waals surface area contributed by atoms with Crippen molar-refractivity contribution in [3.8, 4) is 0 Å². The highest BCUT2D eigenvalue weighted by atomic mass is 16.5. The van der Waals surface area contributed by atoms with Crippen molar-refractivity contribution >= 4 is 0 Å². The first-order valence-corrected chi connectivity index (χ1v) is 4.95. The minimum Gasteiger partial charge on any atom is -0.316 e. The minimum absolute atomic E-state index is 0.0102. The maximum atomic E-state index is 8.77. The lowest BCUT2D eigenvalue weighted by atomic mass is 9.86. The van der Waals surface area contributed by atoms with E-state index in [1.54, 1.807) is 0 Å². The van der Waals surface area contributed by atoms with Crippen LogP contribution in [0.4, 0.5) is 0 Å². The Bertz CT molecular complexity index is 284. The molecule has 1 atom stereocenters. The Morgan fingerprint density at radius 1 is 1.14 bits per heavy atom. The predicted molar refractivity (Wildman–Crippen MR) is 58.5 cm³/mol. The quantitative estimate of drug-likeness (QED) is 0.708. The zero-order chi connectivity index (χ0) is 10.8. The summed E-state index contributed by atoms with van der Waals surface area (Å²) in [5.74, 6) is 0. The van der Waals surface area contributed by atoms with Gasteiger partial charge in [-0.3, -0.25) is 0 Å². The van der Waals surface area contributed by atoms with Crippen LogP contribution in [0.5, 0.6) is 0 Å². The van der Waals surface area contributed by atoms with Crippen LogP contribution in [0.3, 0.4) is 0 Å². The molecule has 2 N–H and O–H groups in total. The van der Waals surface area contributed by atoms with E-state index in [1.165, 1.54) is 5.56 Å². The van der Waals surface area contributed by atoms with Gasteiger partial charge in [0.25, 0.3) is 0 Å². The van der Waals surface area contributed by atoms with E-state index >= 15 is 0 Å². The molecular weight excluding hydrogens is 174 g/mol. The van der Waals surface area contributed by atoms with Gasteiger partial charge in [-0.15, -0.1) is 0 Å². The number of hydrogen-bond acceptors (Lipinski definition) is 2. The molecule has 0 saturated carbocycles. The number of hydroxylamine groups is 1. The molecule has 2 heteroatoms. The molecule has 0 spiro atoms. The largest absolute Gasteiger partial charge is 0.316 e. The van der Waals surface area contributed by atoms with Crippen LogP contribution in [0.15, 0.2) is 24.3 Å². The van der Waals surface area contributed by atoms with Crippen LogP contribution in [0, 0.1) is 0 Å². The average Bonchev–Trinajstić information content (AvgIpc) is 2.15. The van der Waals surface area contributed by atoms with E-state index in [1.807, 2.05) is 6.92 Å². The first-order chi connectivity index (χ1) is 6.45. The lowest BCUT2D eigenvalue weighted by Gasteiger charge is -2.20. The summed E-state index contributed by atoms with van der Waals surface area (Å²) in [6, 6.07) is 8.32. The smallest absolute Gasteiger partial charge is 0.0540 e. The SMILES string of the molecule is C[C@H](NO)c1ccc(C(C)(C)C)cc1. The highest BCUT2D eigenvalue weighted by Gasteiger charge is 2.13. The summed E-state index contributed by atoms with van der Waals surface area (Å²) >= 11 is 0. The van der Waals surface area contributed by atoms with Crippen LogP contribution in [0.2, 0.25) is 0 Å². The maximum absolute atomic E-state index is 8.77. The molecule has 0 saturated heterocycles. The zero-order valence-corrected chi connectivity index (χ0v) is 9.33. The number of nitrogens with one attached hydrogen (secondary N) is 1. The molecular formula is C12H19NO. The predicted octanol–water partition coefficient (Wildman–Crippen LogP) is 3.02. The first kappa shape index (κ1) is 11.2. The van der Waals surface area contributed by atoms with Crippen molar-refractivity contribution in [3.05, 3.63) is 35.4 Å². The molecule has 1 aromatic carbocycles. The van der Waals surface area contributed by atoms with Crippen molar-refractivity contribution in [3.63, 3.8) is 0 Å². The molecule has 2 nitrogen and oxygen atoms in total. The molecule has 14 heavy (non-hydrogen) atoms. The maximum Gasteiger partial charge on any atom is 0.0540 e. The molecule has 0 radical (unpaired) electrons. The number of benzene rings is 1. The van der Waals surface area contributed by atoms with E-state index in [0.717, 1.165) is 5.56 Å². The summed E-state index contributed by atoms with van der Waals surface area (Å²) in [5, 5.41) is 8.77. The van der Waals surface area contributed by atoms with Crippen molar-refractivity contribution in [2.45, 2.75) is 39.2 Å². The van der Waals surface area contributed by atoms with Gasteiger partial charge in [-0.2, -0.15) is 5.48 Å². The third-order valence-corrected chi connectivity index (χ3v) is 2.47. The number of hydrogen-bond donors (Lipinski definition) is 2. The number of rotatable bonds is 2. The summed E-state index contributed by atoms with van der Waals surface area (Å²) in [5.41, 5.74) is 4.84. The van der Waals surface area contributed by atoms with Crippen LogP contribution in [-0.2, 0) is 5.41 Å². The van der Waals surface area contributed by atoms with Gasteiger partial charge in [0.2, 0.25) is 0 Å². The van der Waals surface area contributed by atoms with Crippen molar-refractivity contribution in [1.82, 2.24) is 5.48 Å². The summed E-state index contributed by atoms with van der Waals surface area (Å²) in [7, 11) is 0. The molecule has 1 aromatic rings. The van der Waals surface area contributed by atoms with Crippen LogP contribution in [-0.4, -0.2) is 5.21 Å². The molecule has 1 rings (SSSR count). The molecule has 78 valence electrons. The molecule has 0 aromatic heterocycles. The van der Waals surface area contributed by atoms with E-state index in [2.05, 4.69) is 50.5 Å². The van der Waals surface area contributed by atoms with Crippen LogP contribution in [0.25, 0.3) is 0 Å². The van der Waals surface area contributed by atoms with E-state index in [0.29, 0.717) is 0 Å². The second-order valence-corrected chi connectivity index (χ2v) is 4.72. The monoisotopic (exact) mass is 193 g/mol. The van der Waals surface area contributed by atoms with Gasteiger partial charge >= 0.3 is 0 Å². The Balaban J connectivity index is 2.89. The fourth-order valence-corrected chi connectivity index (χ4v) is 1.35. The third-order valence-electron chi connectivity index (χ3n) is 2.47. The van der Waals surface area contributed by atoms with Gasteiger partial charge in [0.05, 0.1) is 6.04 Å². The van der Waals surface area contributed by atoms with Gasteiger partial charge in [-0.05, 0) is 23.5 Å². The van der Waals surface area contributed by atoms with Crippen molar-refractivity contribution in [2.24, 2.45) is 0 Å². The lowest BCUT2D eigenvalue weighted by Crippen LogP contribution is -2.14. The summed E-state index contributed by atoms with van der Waals surface area (Å²) in [6.07, 6.45) is 0. The molecule has 0 fully saturated rings. The first-order valence-electron chi connectivity index (χ1n) is 4.95. The van der Waals surface area contributed by atoms with Crippen LogP contribution >= 0.6 is 0 Å². The second-order valence-electron chi connectivity index (χ2n) is 4.72. The van der Waals surface area contributed by atoms with Crippen molar-refractivity contribution in [1.29, 1.82) is 0 Å². The molecule has 0 aliphatic heterocycles. The Morgan fingerprint density at radius 3 is 2.00 bits per heavy atom. The Kier molecular flexibility index (Phi) is 3.29. The lowest BCUT2D eigenvalue weighted by molar-refractivity contribution is 0.133. The Labute approximate surface area is 85.9 Å². The van der Waals surface area contributed by atoms with Crippen LogP contribution in [0.1, 0.15) is 44.9 Å².